The largest absolute Gasteiger partial charge is 0.347 e. The lowest BCUT2D eigenvalue weighted by Crippen LogP contribution is -2.33. The van der Waals surface area contributed by atoms with Crippen LogP contribution in [0.4, 0.5) is 5.69 Å². The molecule has 0 bridgehead atoms. The topological polar surface area (TPSA) is 97.2 Å². The highest BCUT2D eigenvalue weighted by atomic mass is 35.5. The van der Waals surface area contributed by atoms with Gasteiger partial charge in [-0.05, 0) is 30.2 Å². The number of aromatic amines is 1. The molecule has 5 rings (SSSR count). The lowest BCUT2D eigenvalue weighted by molar-refractivity contribution is -0.122. The van der Waals surface area contributed by atoms with Gasteiger partial charge in [-0.25, -0.2) is 28.8 Å². The number of aromatic nitrogens is 3. The van der Waals surface area contributed by atoms with Crippen LogP contribution in [-0.2, 0) is 16.1 Å². The predicted octanol–water partition coefficient (Wildman–Crippen LogP) is 2.35. The number of amides is 2. The molecule has 1 saturated heterocycles. The molecule has 1 aliphatic carbocycles. The lowest BCUT2D eigenvalue weighted by Gasteiger charge is -2.23. The fraction of sp³-hybridized carbons (Fsp3) is 0.217. The van der Waals surface area contributed by atoms with E-state index < -0.39 is 29.3 Å². The maximum Gasteiger partial charge on any atom is 0.347 e. The molecule has 1 aliphatic heterocycles. The highest BCUT2D eigenvalue weighted by Crippen LogP contribution is 2.40. The number of carbonyl (C=O) groups excluding carboxylic acids is 2. The van der Waals surface area contributed by atoms with Crippen molar-refractivity contribution in [1.82, 2.24) is 14.3 Å². The second-order valence-corrected chi connectivity index (χ2v) is 8.39. The van der Waals surface area contributed by atoms with Crippen LogP contribution < -0.4 is 16.3 Å². The van der Waals surface area contributed by atoms with Gasteiger partial charge in [-0.2, -0.15) is 0 Å². The molecule has 0 spiro atoms. The smallest absolute Gasteiger partial charge is 0.274 e. The molecule has 0 saturated carbocycles. The molecule has 8 nitrogen and oxygen atoms in total. The van der Waals surface area contributed by atoms with Crippen molar-refractivity contribution in [1.29, 1.82) is 0 Å². The molecule has 1 fully saturated rings. The van der Waals surface area contributed by atoms with Crippen LogP contribution >= 0.6 is 11.6 Å². The number of nitrogens with zero attached hydrogens (tertiary/aromatic N) is 3. The Morgan fingerprint density at radius 3 is 2.47 bits per heavy atom. The molecule has 3 atom stereocenters. The van der Waals surface area contributed by atoms with Gasteiger partial charge in [-0.3, -0.25) is 9.59 Å². The Hall–Kier alpha value is -3.65. The molecule has 162 valence electrons. The molecular formula is C23H19ClN4O4. The van der Waals surface area contributed by atoms with Crippen LogP contribution in [-0.4, -0.2) is 26.2 Å². The van der Waals surface area contributed by atoms with Gasteiger partial charge >= 0.3 is 11.4 Å². The van der Waals surface area contributed by atoms with Crippen LogP contribution in [0.5, 0.6) is 0 Å². The van der Waals surface area contributed by atoms with E-state index in [-0.39, 0.29) is 24.8 Å². The second-order valence-electron chi connectivity index (χ2n) is 7.95. The fourth-order valence-electron chi connectivity index (χ4n) is 4.42. The Kier molecular flexibility index (Phi) is 4.94. The van der Waals surface area contributed by atoms with E-state index in [1.54, 1.807) is 36.4 Å². The van der Waals surface area contributed by atoms with E-state index in [1.165, 1.54) is 4.68 Å². The van der Waals surface area contributed by atoms with Crippen LogP contribution in [0, 0.1) is 11.8 Å². The summed E-state index contributed by atoms with van der Waals surface area (Å²) in [5, 5.41) is 3.02. The maximum atomic E-state index is 13.1. The Morgan fingerprint density at radius 2 is 1.72 bits per heavy atom. The highest BCUT2D eigenvalue weighted by Gasteiger charge is 2.49. The summed E-state index contributed by atoms with van der Waals surface area (Å²) >= 11 is 6.03. The summed E-state index contributed by atoms with van der Waals surface area (Å²) in [4.78, 5) is 52.5. The van der Waals surface area contributed by atoms with Crippen molar-refractivity contribution in [3.8, 4) is 0 Å². The minimum atomic E-state index is -0.621. The van der Waals surface area contributed by atoms with Crippen molar-refractivity contribution < 1.29 is 9.59 Å². The summed E-state index contributed by atoms with van der Waals surface area (Å²) in [5.74, 6) is -1.88. The van der Waals surface area contributed by atoms with Crippen molar-refractivity contribution in [2.45, 2.75) is 19.0 Å². The number of anilines is 1. The summed E-state index contributed by atoms with van der Waals surface area (Å²) in [6.45, 7) is 0.143. The zero-order chi connectivity index (χ0) is 22.4. The quantitative estimate of drug-likeness (QED) is 0.487. The number of rotatable bonds is 4. The SMILES string of the molecule is O=C1[C@@H]2C=C[C@@H](n3[nH]c(=O)n(Cc4ccccc4)c3=O)C[C@H]2C(=O)N1c1cccc(Cl)c1. The van der Waals surface area contributed by atoms with E-state index in [2.05, 4.69) is 5.10 Å². The second kappa shape index (κ2) is 7.80. The molecule has 2 aromatic carbocycles. The van der Waals surface area contributed by atoms with Gasteiger partial charge in [0.1, 0.15) is 0 Å². The van der Waals surface area contributed by atoms with Gasteiger partial charge in [0.2, 0.25) is 11.8 Å². The van der Waals surface area contributed by atoms with Crippen molar-refractivity contribution in [3.63, 3.8) is 0 Å². The van der Waals surface area contributed by atoms with Crippen LogP contribution in [0.15, 0.2) is 76.3 Å². The Bertz CT molecular complexity index is 1350. The number of H-pyrrole nitrogens is 1. The number of nitrogens with one attached hydrogen (secondary N) is 1. The standard InChI is InChI=1S/C23H19ClN4O4/c24-15-7-4-8-16(11-15)27-20(29)18-10-9-17(12-19(18)21(27)30)28-23(32)26(22(31)25-28)13-14-5-2-1-3-6-14/h1-11,17-19H,12-13H2,(H,25,31)/t17-,18-,19-/m1/s1. The third-order valence-corrected chi connectivity index (χ3v) is 6.23. The van der Waals surface area contributed by atoms with Crippen LogP contribution in [0.25, 0.3) is 0 Å². The number of fused-ring (bicyclic) bond motifs is 1. The van der Waals surface area contributed by atoms with Crippen LogP contribution in [0.3, 0.4) is 0 Å². The molecule has 2 aliphatic rings. The summed E-state index contributed by atoms with van der Waals surface area (Å²) in [7, 11) is 0. The summed E-state index contributed by atoms with van der Waals surface area (Å²) in [6, 6.07) is 15.2. The van der Waals surface area contributed by atoms with Gasteiger partial charge in [0, 0.05) is 5.02 Å². The Labute approximate surface area is 187 Å². The Balaban J connectivity index is 1.43. The first-order valence-electron chi connectivity index (χ1n) is 10.2. The summed E-state index contributed by atoms with van der Waals surface area (Å²) in [5.41, 5.74) is 0.233. The Morgan fingerprint density at radius 1 is 0.938 bits per heavy atom. The number of imide groups is 1. The molecule has 0 radical (unpaired) electrons. The molecule has 1 aromatic heterocycles. The maximum absolute atomic E-state index is 13.1. The van der Waals surface area contributed by atoms with Gasteiger partial charge in [-0.15, -0.1) is 0 Å². The van der Waals surface area contributed by atoms with E-state index in [0.717, 1.165) is 15.0 Å². The molecule has 2 heterocycles. The molecule has 3 aromatic rings. The van der Waals surface area contributed by atoms with E-state index in [0.29, 0.717) is 10.7 Å². The molecule has 0 unspecified atom stereocenters. The zero-order valence-corrected chi connectivity index (χ0v) is 17.6. The van der Waals surface area contributed by atoms with E-state index in [1.807, 2.05) is 30.3 Å². The number of hydrogen-bond acceptors (Lipinski definition) is 4. The average Bonchev–Trinajstić information content (AvgIpc) is 3.21. The third-order valence-electron chi connectivity index (χ3n) is 5.99. The van der Waals surface area contributed by atoms with Crippen molar-refractivity contribution in [2.24, 2.45) is 11.8 Å². The first-order valence-corrected chi connectivity index (χ1v) is 10.6. The first kappa shape index (κ1) is 20.3. The number of carbonyl (C=O) groups is 2. The number of allylic oxidation sites excluding steroid dienone is 1. The van der Waals surface area contributed by atoms with Gasteiger partial charge in [0.05, 0.1) is 30.1 Å². The number of hydrogen-bond donors (Lipinski definition) is 1. The molecule has 9 heteroatoms. The van der Waals surface area contributed by atoms with Crippen molar-refractivity contribution in [2.75, 3.05) is 4.90 Å². The first-order chi connectivity index (χ1) is 15.4. The highest BCUT2D eigenvalue weighted by molar-refractivity contribution is 6.31. The molecule has 1 N–H and O–H groups in total. The van der Waals surface area contributed by atoms with E-state index in [4.69, 9.17) is 11.6 Å². The van der Waals surface area contributed by atoms with Gasteiger partial charge in [-0.1, -0.05) is 60.2 Å². The predicted molar refractivity (Wildman–Crippen MR) is 119 cm³/mol. The van der Waals surface area contributed by atoms with Crippen LogP contribution in [0.1, 0.15) is 18.0 Å². The third kappa shape index (κ3) is 3.33. The van der Waals surface area contributed by atoms with Crippen molar-refractivity contribution >= 4 is 29.1 Å². The minimum Gasteiger partial charge on any atom is -0.274 e. The monoisotopic (exact) mass is 450 g/mol. The number of benzene rings is 2. The molecular weight excluding hydrogens is 432 g/mol. The number of halogens is 1. The summed E-state index contributed by atoms with van der Waals surface area (Å²) < 4.78 is 2.35. The normalized spacial score (nSPS) is 22.4. The van der Waals surface area contributed by atoms with Crippen LogP contribution in [0.2, 0.25) is 5.02 Å². The fourth-order valence-corrected chi connectivity index (χ4v) is 4.60. The van der Waals surface area contributed by atoms with Gasteiger partial charge in [0.15, 0.2) is 0 Å². The molecule has 2 amide bonds. The van der Waals surface area contributed by atoms with Crippen molar-refractivity contribution in [3.05, 3.63) is 98.3 Å². The average molecular weight is 451 g/mol. The van der Waals surface area contributed by atoms with E-state index >= 15 is 0 Å². The minimum absolute atomic E-state index is 0.143. The molecule has 32 heavy (non-hydrogen) atoms. The van der Waals surface area contributed by atoms with E-state index in [9.17, 15) is 19.2 Å². The summed E-state index contributed by atoms with van der Waals surface area (Å²) in [6.07, 6.45) is 3.59. The zero-order valence-electron chi connectivity index (χ0n) is 16.8. The lowest BCUT2D eigenvalue weighted by atomic mass is 9.84. The van der Waals surface area contributed by atoms with Gasteiger partial charge in [0.25, 0.3) is 0 Å². The van der Waals surface area contributed by atoms with Gasteiger partial charge < -0.3 is 0 Å².